The number of nitrogens with zero attached hydrogens (tertiary/aromatic N) is 1. The van der Waals surface area contributed by atoms with E-state index >= 15 is 0 Å². The molecule has 0 saturated heterocycles. The van der Waals surface area contributed by atoms with Gasteiger partial charge in [0.25, 0.3) is 11.8 Å². The highest BCUT2D eigenvalue weighted by molar-refractivity contribution is 6.36. The topological polar surface area (TPSA) is 49.4 Å². The third kappa shape index (κ3) is 3.85. The first kappa shape index (κ1) is 19.5. The average Bonchev–Trinajstić information content (AvgIpc) is 2.95. The van der Waals surface area contributed by atoms with Crippen LogP contribution in [0.2, 0.25) is 0 Å². The molecule has 0 radical (unpaired) electrons. The van der Waals surface area contributed by atoms with Gasteiger partial charge < -0.3 is 5.32 Å². The van der Waals surface area contributed by atoms with E-state index in [1.807, 2.05) is 25.1 Å². The Bertz CT molecular complexity index is 1150. The summed E-state index contributed by atoms with van der Waals surface area (Å²) in [6.45, 7) is 1.92. The maximum absolute atomic E-state index is 13.4. The van der Waals surface area contributed by atoms with Crippen LogP contribution in [0.25, 0.3) is 5.57 Å². The van der Waals surface area contributed by atoms with E-state index in [0.717, 1.165) is 10.5 Å². The van der Waals surface area contributed by atoms with E-state index < -0.39 is 23.4 Å². The van der Waals surface area contributed by atoms with E-state index in [9.17, 15) is 18.4 Å². The van der Waals surface area contributed by atoms with Crippen molar-refractivity contribution >= 4 is 23.1 Å². The van der Waals surface area contributed by atoms with Crippen LogP contribution in [0, 0.1) is 18.6 Å². The zero-order valence-corrected chi connectivity index (χ0v) is 16.2. The monoisotopic (exact) mass is 404 g/mol. The molecule has 1 aliphatic heterocycles. The van der Waals surface area contributed by atoms with Crippen molar-refractivity contribution in [3.05, 3.63) is 107 Å². The molecule has 6 heteroatoms. The molecule has 0 atom stereocenters. The van der Waals surface area contributed by atoms with E-state index in [0.29, 0.717) is 16.8 Å². The Labute approximate surface area is 172 Å². The number of nitrogens with one attached hydrogen (secondary N) is 1. The molecule has 0 unspecified atom stereocenters. The molecular weight excluding hydrogens is 386 g/mol. The zero-order valence-electron chi connectivity index (χ0n) is 16.2. The number of carbonyl (C=O) groups is 2. The van der Waals surface area contributed by atoms with Crippen molar-refractivity contribution < 1.29 is 18.4 Å². The molecule has 2 amide bonds. The summed E-state index contributed by atoms with van der Waals surface area (Å²) in [4.78, 5) is 27.4. The Balaban J connectivity index is 1.73. The minimum absolute atomic E-state index is 0.00163. The van der Waals surface area contributed by atoms with Gasteiger partial charge in [-0.15, -0.1) is 0 Å². The molecule has 0 fully saturated rings. The third-order valence-electron chi connectivity index (χ3n) is 4.84. The van der Waals surface area contributed by atoms with E-state index in [2.05, 4.69) is 5.32 Å². The number of benzene rings is 3. The van der Waals surface area contributed by atoms with Gasteiger partial charge in [0.2, 0.25) is 0 Å². The number of aryl methyl sites for hydroxylation is 1. The maximum atomic E-state index is 13.4. The fourth-order valence-electron chi connectivity index (χ4n) is 3.36. The smallest absolute Gasteiger partial charge is 0.278 e. The Morgan fingerprint density at radius 3 is 2.10 bits per heavy atom. The third-order valence-corrected chi connectivity index (χ3v) is 4.84. The van der Waals surface area contributed by atoms with E-state index in [4.69, 9.17) is 0 Å². The number of amides is 2. The van der Waals surface area contributed by atoms with Crippen molar-refractivity contribution in [2.75, 3.05) is 5.32 Å². The van der Waals surface area contributed by atoms with E-state index in [1.165, 1.54) is 48.5 Å². The van der Waals surface area contributed by atoms with Crippen molar-refractivity contribution in [2.45, 2.75) is 13.5 Å². The molecule has 3 aromatic rings. The van der Waals surface area contributed by atoms with E-state index in [1.54, 1.807) is 6.07 Å². The standard InChI is InChI=1S/C24H18F2N2O2/c1-15-3-2-4-20(13-15)27-22-21(17-7-11-19(26)12-8-17)23(29)28(24(22)30)14-16-5-9-18(25)10-6-16/h2-13,27H,14H2,1H3. The first-order chi connectivity index (χ1) is 14.4. The van der Waals surface area contributed by atoms with Gasteiger partial charge in [0.15, 0.2) is 0 Å². The molecule has 0 aromatic heterocycles. The molecule has 0 aliphatic carbocycles. The number of hydrogen-bond acceptors (Lipinski definition) is 3. The molecule has 30 heavy (non-hydrogen) atoms. The van der Waals surface area contributed by atoms with Gasteiger partial charge in [0.1, 0.15) is 17.3 Å². The first-order valence-corrected chi connectivity index (χ1v) is 9.37. The molecule has 150 valence electrons. The minimum Gasteiger partial charge on any atom is -0.350 e. The number of anilines is 1. The molecule has 1 aliphatic rings. The average molecular weight is 404 g/mol. The lowest BCUT2D eigenvalue weighted by atomic mass is 10.0. The Morgan fingerprint density at radius 1 is 0.833 bits per heavy atom. The van der Waals surface area contributed by atoms with Crippen LogP contribution in [0.5, 0.6) is 0 Å². The van der Waals surface area contributed by atoms with Crippen LogP contribution < -0.4 is 5.32 Å². The molecule has 1 N–H and O–H groups in total. The van der Waals surface area contributed by atoms with Crippen molar-refractivity contribution in [3.8, 4) is 0 Å². The molecule has 4 rings (SSSR count). The van der Waals surface area contributed by atoms with Crippen molar-refractivity contribution in [3.63, 3.8) is 0 Å². The Hall–Kier alpha value is -3.80. The van der Waals surface area contributed by atoms with Gasteiger partial charge in [-0.2, -0.15) is 0 Å². The van der Waals surface area contributed by atoms with Crippen LogP contribution in [0.15, 0.2) is 78.5 Å². The Morgan fingerprint density at radius 2 is 1.47 bits per heavy atom. The quantitative estimate of drug-likeness (QED) is 0.629. The summed E-state index contributed by atoms with van der Waals surface area (Å²) >= 11 is 0. The van der Waals surface area contributed by atoms with Gasteiger partial charge in [-0.25, -0.2) is 8.78 Å². The van der Waals surface area contributed by atoms with Gasteiger partial charge >= 0.3 is 0 Å². The summed E-state index contributed by atoms with van der Waals surface area (Å²) in [6, 6.07) is 18.4. The van der Waals surface area contributed by atoms with Crippen LogP contribution in [-0.4, -0.2) is 16.7 Å². The highest BCUT2D eigenvalue weighted by atomic mass is 19.1. The Kier molecular flexibility index (Phi) is 5.14. The summed E-state index contributed by atoms with van der Waals surface area (Å²) in [6.07, 6.45) is 0. The van der Waals surface area contributed by atoms with E-state index in [-0.39, 0.29) is 17.8 Å². The lowest BCUT2D eigenvalue weighted by Crippen LogP contribution is -2.32. The summed E-state index contributed by atoms with van der Waals surface area (Å²) in [7, 11) is 0. The molecule has 0 bridgehead atoms. The van der Waals surface area contributed by atoms with Gasteiger partial charge in [-0.05, 0) is 60.0 Å². The SMILES string of the molecule is Cc1cccc(NC2=C(c3ccc(F)cc3)C(=O)N(Cc3ccc(F)cc3)C2=O)c1. The predicted molar refractivity (Wildman–Crippen MR) is 110 cm³/mol. The summed E-state index contributed by atoms with van der Waals surface area (Å²) in [5.74, 6) is -1.83. The largest absolute Gasteiger partial charge is 0.350 e. The lowest BCUT2D eigenvalue weighted by molar-refractivity contribution is -0.137. The second kappa shape index (κ2) is 7.91. The minimum atomic E-state index is -0.495. The van der Waals surface area contributed by atoms with Crippen molar-refractivity contribution in [2.24, 2.45) is 0 Å². The molecule has 3 aromatic carbocycles. The van der Waals surface area contributed by atoms with Crippen LogP contribution >= 0.6 is 0 Å². The highest BCUT2D eigenvalue weighted by Crippen LogP contribution is 2.31. The molecular formula is C24H18F2N2O2. The number of rotatable bonds is 5. The summed E-state index contributed by atoms with van der Waals surface area (Å²) in [5, 5.41) is 3.06. The number of halogens is 2. The number of hydrogen-bond donors (Lipinski definition) is 1. The zero-order chi connectivity index (χ0) is 21.3. The second-order valence-corrected chi connectivity index (χ2v) is 7.07. The van der Waals surface area contributed by atoms with Crippen molar-refractivity contribution in [1.82, 2.24) is 4.90 Å². The van der Waals surface area contributed by atoms with Gasteiger partial charge in [-0.3, -0.25) is 14.5 Å². The van der Waals surface area contributed by atoms with Gasteiger partial charge in [-0.1, -0.05) is 36.4 Å². The lowest BCUT2D eigenvalue weighted by Gasteiger charge is -2.15. The molecule has 4 nitrogen and oxygen atoms in total. The molecule has 0 spiro atoms. The predicted octanol–water partition coefficient (Wildman–Crippen LogP) is 4.67. The van der Waals surface area contributed by atoms with Gasteiger partial charge in [0, 0.05) is 5.69 Å². The normalized spacial score (nSPS) is 13.9. The molecule has 0 saturated carbocycles. The van der Waals surface area contributed by atoms with Crippen LogP contribution in [0.1, 0.15) is 16.7 Å². The fourth-order valence-corrected chi connectivity index (χ4v) is 3.36. The van der Waals surface area contributed by atoms with Gasteiger partial charge in [0.05, 0.1) is 12.1 Å². The second-order valence-electron chi connectivity index (χ2n) is 7.07. The fraction of sp³-hybridized carbons (Fsp3) is 0.0833. The highest BCUT2D eigenvalue weighted by Gasteiger charge is 2.39. The van der Waals surface area contributed by atoms with Crippen LogP contribution in [0.4, 0.5) is 14.5 Å². The van der Waals surface area contributed by atoms with Crippen LogP contribution in [0.3, 0.4) is 0 Å². The van der Waals surface area contributed by atoms with Crippen molar-refractivity contribution in [1.29, 1.82) is 0 Å². The first-order valence-electron chi connectivity index (χ1n) is 9.37. The summed E-state index contributed by atoms with van der Waals surface area (Å²) in [5.41, 5.74) is 3.00. The number of carbonyl (C=O) groups excluding carboxylic acids is 2. The van der Waals surface area contributed by atoms with Crippen LogP contribution in [-0.2, 0) is 16.1 Å². The number of imide groups is 1. The summed E-state index contributed by atoms with van der Waals surface area (Å²) < 4.78 is 26.6. The maximum Gasteiger partial charge on any atom is 0.278 e. The molecule has 1 heterocycles.